The number of anilines is 1. The van der Waals surface area contributed by atoms with Crippen molar-refractivity contribution in [3.63, 3.8) is 0 Å². The minimum absolute atomic E-state index is 0.152. The van der Waals surface area contributed by atoms with Crippen LogP contribution >= 0.6 is 0 Å². The zero-order valence-corrected chi connectivity index (χ0v) is 11.0. The lowest BCUT2D eigenvalue weighted by Gasteiger charge is -2.14. The number of nitrogens with one attached hydrogen (secondary N) is 1. The van der Waals surface area contributed by atoms with E-state index in [0.717, 1.165) is 19.1 Å². The molecular weight excluding hydrogens is 256 g/mol. The number of sulfone groups is 1. The summed E-state index contributed by atoms with van der Waals surface area (Å²) in [7, 11) is -3.62. The Labute approximate surface area is 105 Å². The molecule has 7 heteroatoms. The van der Waals surface area contributed by atoms with Crippen LogP contribution < -0.4 is 5.32 Å². The van der Waals surface area contributed by atoms with E-state index in [0.29, 0.717) is 0 Å². The van der Waals surface area contributed by atoms with Crippen LogP contribution in [0.4, 0.5) is 11.4 Å². The van der Waals surface area contributed by atoms with Crippen molar-refractivity contribution in [3.8, 4) is 0 Å². The molecule has 6 nitrogen and oxygen atoms in total. The number of para-hydroxylation sites is 1. The summed E-state index contributed by atoms with van der Waals surface area (Å²) in [4.78, 5) is 10.2. The van der Waals surface area contributed by atoms with Gasteiger partial charge in [-0.1, -0.05) is 6.07 Å². The van der Waals surface area contributed by atoms with E-state index < -0.39 is 14.8 Å². The monoisotopic (exact) mass is 270 g/mol. The third kappa shape index (κ3) is 2.45. The van der Waals surface area contributed by atoms with E-state index in [1.165, 1.54) is 18.2 Å². The first-order valence-corrected chi connectivity index (χ1v) is 7.38. The summed E-state index contributed by atoms with van der Waals surface area (Å²) in [6, 6.07) is 4.31. The fraction of sp³-hybridized carbons (Fsp3) is 0.455. The Morgan fingerprint density at radius 2 is 2.00 bits per heavy atom. The molecule has 18 heavy (non-hydrogen) atoms. The van der Waals surface area contributed by atoms with Crippen LogP contribution in [0.1, 0.15) is 19.8 Å². The summed E-state index contributed by atoms with van der Waals surface area (Å²) < 4.78 is 23.1. The zero-order valence-electron chi connectivity index (χ0n) is 10.1. The van der Waals surface area contributed by atoms with Gasteiger partial charge in [0.25, 0.3) is 0 Å². The van der Waals surface area contributed by atoms with Gasteiger partial charge in [-0.05, 0) is 31.9 Å². The predicted molar refractivity (Wildman–Crippen MR) is 67.5 cm³/mol. The van der Waals surface area contributed by atoms with Crippen LogP contribution in [-0.2, 0) is 9.84 Å². The number of hydrogen-bond donors (Lipinski definition) is 1. The largest absolute Gasteiger partial charge is 0.374 e. The van der Waals surface area contributed by atoms with Crippen molar-refractivity contribution < 1.29 is 13.3 Å². The van der Waals surface area contributed by atoms with Crippen molar-refractivity contribution in [1.29, 1.82) is 0 Å². The molecule has 1 aliphatic carbocycles. The third-order valence-electron chi connectivity index (χ3n) is 3.02. The summed E-state index contributed by atoms with van der Waals surface area (Å²) in [5.74, 6) is 0. The molecule has 1 N–H and O–H groups in total. The smallest absolute Gasteiger partial charge is 0.310 e. The van der Waals surface area contributed by atoms with Crippen LogP contribution in [0.5, 0.6) is 0 Å². The number of nitro groups is 1. The summed E-state index contributed by atoms with van der Waals surface area (Å²) >= 11 is 0. The molecule has 0 heterocycles. The second-order valence-electron chi connectivity index (χ2n) is 4.87. The molecule has 0 saturated heterocycles. The van der Waals surface area contributed by atoms with Gasteiger partial charge in [-0.25, -0.2) is 8.42 Å². The molecule has 98 valence electrons. The summed E-state index contributed by atoms with van der Waals surface area (Å²) in [6.45, 7) is 1.95. The van der Waals surface area contributed by atoms with E-state index in [1.54, 1.807) is 0 Å². The highest BCUT2D eigenvalue weighted by atomic mass is 32.2. The Balaban J connectivity index is 2.56. The predicted octanol–water partition coefficient (Wildman–Crippen LogP) is 1.96. The molecule has 0 bridgehead atoms. The Morgan fingerprint density at radius 3 is 2.44 bits per heavy atom. The first-order valence-electron chi connectivity index (χ1n) is 5.49. The van der Waals surface area contributed by atoms with E-state index >= 15 is 0 Å². The van der Waals surface area contributed by atoms with E-state index in [9.17, 15) is 18.5 Å². The van der Waals surface area contributed by atoms with Crippen LogP contribution in [0, 0.1) is 10.1 Å². The molecule has 2 rings (SSSR count). The van der Waals surface area contributed by atoms with Gasteiger partial charge in [0.1, 0.15) is 10.6 Å². The number of rotatable bonds is 4. The molecule has 0 aliphatic heterocycles. The Bertz CT molecular complexity index is 605. The van der Waals surface area contributed by atoms with Gasteiger partial charge < -0.3 is 5.32 Å². The second-order valence-corrected chi connectivity index (χ2v) is 6.85. The highest BCUT2D eigenvalue weighted by Crippen LogP contribution is 2.41. The Morgan fingerprint density at radius 1 is 1.39 bits per heavy atom. The summed E-state index contributed by atoms with van der Waals surface area (Å²) in [6.07, 6.45) is 2.82. The Kier molecular flexibility index (Phi) is 2.81. The average molecular weight is 270 g/mol. The molecule has 0 unspecified atom stereocenters. The minimum Gasteiger partial charge on any atom is -0.374 e. The lowest BCUT2D eigenvalue weighted by molar-refractivity contribution is -0.386. The molecule has 1 fully saturated rings. The zero-order chi connectivity index (χ0) is 13.6. The molecule has 0 atom stereocenters. The second kappa shape index (κ2) is 3.94. The molecule has 0 amide bonds. The third-order valence-corrected chi connectivity index (χ3v) is 4.15. The van der Waals surface area contributed by atoms with Crippen molar-refractivity contribution in [2.75, 3.05) is 11.6 Å². The number of hydrogen-bond acceptors (Lipinski definition) is 5. The van der Waals surface area contributed by atoms with Crippen LogP contribution in [0.25, 0.3) is 0 Å². The quantitative estimate of drug-likeness (QED) is 0.667. The van der Waals surface area contributed by atoms with Gasteiger partial charge in [0.15, 0.2) is 9.84 Å². The molecule has 0 spiro atoms. The van der Waals surface area contributed by atoms with Gasteiger partial charge in [0.2, 0.25) is 0 Å². The number of benzene rings is 1. The van der Waals surface area contributed by atoms with Crippen LogP contribution in [0.2, 0.25) is 0 Å². The van der Waals surface area contributed by atoms with Crippen LogP contribution in [-0.4, -0.2) is 25.1 Å². The minimum atomic E-state index is -3.62. The molecule has 1 saturated carbocycles. The molecular formula is C11H14N2O4S. The van der Waals surface area contributed by atoms with Crippen molar-refractivity contribution in [1.82, 2.24) is 0 Å². The maximum Gasteiger partial charge on any atom is 0.310 e. The topological polar surface area (TPSA) is 89.3 Å². The first-order chi connectivity index (χ1) is 8.23. The average Bonchev–Trinajstić information content (AvgIpc) is 2.94. The molecule has 1 aliphatic rings. The Hall–Kier alpha value is -1.63. The van der Waals surface area contributed by atoms with E-state index in [4.69, 9.17) is 0 Å². The normalized spacial score (nSPS) is 17.2. The number of nitrogens with zero attached hydrogens (tertiary/aromatic N) is 1. The maximum atomic E-state index is 11.6. The van der Waals surface area contributed by atoms with Crippen LogP contribution in [0.3, 0.4) is 0 Å². The fourth-order valence-electron chi connectivity index (χ4n) is 1.75. The first kappa shape index (κ1) is 12.8. The van der Waals surface area contributed by atoms with Gasteiger partial charge in [-0.15, -0.1) is 0 Å². The number of nitro benzene ring substituents is 1. The lowest BCUT2D eigenvalue weighted by Crippen LogP contribution is -2.17. The van der Waals surface area contributed by atoms with Gasteiger partial charge in [0.05, 0.1) is 4.92 Å². The van der Waals surface area contributed by atoms with Gasteiger partial charge in [-0.3, -0.25) is 10.1 Å². The highest BCUT2D eigenvalue weighted by Gasteiger charge is 2.39. The summed E-state index contributed by atoms with van der Waals surface area (Å²) in [5, 5.41) is 14.1. The van der Waals surface area contributed by atoms with Gasteiger partial charge in [-0.2, -0.15) is 0 Å². The molecule has 0 aromatic heterocycles. The van der Waals surface area contributed by atoms with Gasteiger partial charge >= 0.3 is 5.69 Å². The molecule has 1 aromatic carbocycles. The van der Waals surface area contributed by atoms with E-state index in [-0.39, 0.29) is 21.8 Å². The van der Waals surface area contributed by atoms with Crippen molar-refractivity contribution in [2.45, 2.75) is 30.2 Å². The van der Waals surface area contributed by atoms with Gasteiger partial charge in [0, 0.05) is 11.8 Å². The lowest BCUT2D eigenvalue weighted by atomic mass is 10.2. The highest BCUT2D eigenvalue weighted by molar-refractivity contribution is 7.90. The van der Waals surface area contributed by atoms with Crippen molar-refractivity contribution in [3.05, 3.63) is 28.3 Å². The van der Waals surface area contributed by atoms with E-state index in [2.05, 4.69) is 5.32 Å². The maximum absolute atomic E-state index is 11.6. The SMILES string of the molecule is CC1(Nc2cccc(S(C)(=O)=O)c2[N+](=O)[O-])CC1. The fourth-order valence-corrected chi connectivity index (χ4v) is 2.61. The van der Waals surface area contributed by atoms with Crippen molar-refractivity contribution in [2.24, 2.45) is 0 Å². The summed E-state index contributed by atoms with van der Waals surface area (Å²) in [5.41, 5.74) is -0.253. The van der Waals surface area contributed by atoms with E-state index in [1.807, 2.05) is 6.92 Å². The standard InChI is InChI=1S/C11H14N2O4S/c1-11(6-7-11)12-8-4-3-5-9(18(2,16)17)10(8)13(14)15/h3-5,12H,6-7H2,1-2H3. The van der Waals surface area contributed by atoms with Crippen LogP contribution in [0.15, 0.2) is 23.1 Å². The molecule has 1 aromatic rings. The van der Waals surface area contributed by atoms with Crippen molar-refractivity contribution >= 4 is 21.2 Å². The molecule has 0 radical (unpaired) electrons.